The maximum absolute atomic E-state index is 8.58. The molecule has 0 aliphatic heterocycles. The highest BCUT2D eigenvalue weighted by atomic mass is 32.2. The molecule has 16 heavy (non-hydrogen) atoms. The summed E-state index contributed by atoms with van der Waals surface area (Å²) < 4.78 is 10.2. The summed E-state index contributed by atoms with van der Waals surface area (Å²) in [6.45, 7) is 4.51. The largest absolute Gasteiger partial charge is 0.396 e. The van der Waals surface area contributed by atoms with Gasteiger partial charge in [0.25, 0.3) is 0 Å². The second kappa shape index (κ2) is 15.2. The maximum Gasteiger partial charge on any atom is 0.0700 e. The molecule has 0 aliphatic rings. The van der Waals surface area contributed by atoms with Gasteiger partial charge in [0, 0.05) is 32.6 Å². The fraction of sp³-hybridized carbons (Fsp3) is 1.00. The van der Waals surface area contributed by atoms with Crippen LogP contribution in [0.25, 0.3) is 0 Å². The Hall–Kier alpha value is 0.190. The van der Waals surface area contributed by atoms with Crippen LogP contribution in [0.5, 0.6) is 0 Å². The Morgan fingerprint density at radius 1 is 1.06 bits per heavy atom. The van der Waals surface area contributed by atoms with Gasteiger partial charge in [0.1, 0.15) is 0 Å². The molecule has 0 aliphatic carbocycles. The van der Waals surface area contributed by atoms with Gasteiger partial charge in [-0.05, 0) is 25.1 Å². The number of hydrogen-bond donors (Lipinski definition) is 2. The molecule has 0 amide bonds. The van der Waals surface area contributed by atoms with Crippen LogP contribution in [0.1, 0.15) is 12.8 Å². The molecule has 0 aromatic rings. The summed E-state index contributed by atoms with van der Waals surface area (Å²) in [4.78, 5) is 0. The van der Waals surface area contributed by atoms with Crippen molar-refractivity contribution in [3.05, 3.63) is 0 Å². The minimum atomic E-state index is 0.305. The molecule has 0 unspecified atom stereocenters. The first-order valence-electron chi connectivity index (χ1n) is 5.87. The predicted octanol–water partition coefficient (Wildman–Crippen LogP) is 0.745. The van der Waals surface area contributed by atoms with Crippen molar-refractivity contribution in [2.45, 2.75) is 12.8 Å². The van der Waals surface area contributed by atoms with Crippen molar-refractivity contribution in [1.29, 1.82) is 0 Å². The molecule has 0 aromatic heterocycles. The highest BCUT2D eigenvalue weighted by molar-refractivity contribution is 7.99. The van der Waals surface area contributed by atoms with Crippen LogP contribution >= 0.6 is 11.8 Å². The van der Waals surface area contributed by atoms with E-state index in [0.29, 0.717) is 19.8 Å². The van der Waals surface area contributed by atoms with E-state index < -0.39 is 0 Å². The number of methoxy groups -OCH3 is 1. The lowest BCUT2D eigenvalue weighted by Gasteiger charge is -2.05. The molecule has 0 fully saturated rings. The van der Waals surface area contributed by atoms with Gasteiger partial charge in [-0.1, -0.05) is 0 Å². The van der Waals surface area contributed by atoms with Gasteiger partial charge in [-0.25, -0.2) is 0 Å². The molecule has 0 heterocycles. The minimum Gasteiger partial charge on any atom is -0.396 e. The van der Waals surface area contributed by atoms with E-state index in [0.717, 1.165) is 44.0 Å². The molecule has 5 heteroatoms. The van der Waals surface area contributed by atoms with Crippen LogP contribution in [-0.4, -0.2) is 63.2 Å². The molecule has 0 saturated carbocycles. The van der Waals surface area contributed by atoms with Gasteiger partial charge >= 0.3 is 0 Å². The average Bonchev–Trinajstić information content (AvgIpc) is 2.31. The van der Waals surface area contributed by atoms with Crippen molar-refractivity contribution in [3.63, 3.8) is 0 Å². The first-order chi connectivity index (χ1) is 7.91. The van der Waals surface area contributed by atoms with E-state index in [9.17, 15) is 0 Å². The van der Waals surface area contributed by atoms with Gasteiger partial charge < -0.3 is 19.9 Å². The molecule has 0 rings (SSSR count). The zero-order chi connectivity index (χ0) is 11.9. The molecule has 4 nitrogen and oxygen atoms in total. The average molecular weight is 251 g/mol. The van der Waals surface area contributed by atoms with E-state index in [1.165, 1.54) is 0 Å². The molecule has 2 N–H and O–H groups in total. The molecular formula is C11H25NO3S. The predicted molar refractivity (Wildman–Crippen MR) is 69.2 cm³/mol. The van der Waals surface area contributed by atoms with Crippen LogP contribution in [0.4, 0.5) is 0 Å². The van der Waals surface area contributed by atoms with Gasteiger partial charge in [0.15, 0.2) is 0 Å². The Bertz CT molecular complexity index is 114. The van der Waals surface area contributed by atoms with E-state index in [4.69, 9.17) is 14.6 Å². The normalized spacial score (nSPS) is 10.9. The smallest absolute Gasteiger partial charge is 0.0700 e. The zero-order valence-corrected chi connectivity index (χ0v) is 11.1. The fourth-order valence-electron chi connectivity index (χ4n) is 1.08. The van der Waals surface area contributed by atoms with E-state index in [-0.39, 0.29) is 0 Å². The number of rotatable bonds is 13. The Morgan fingerprint density at radius 2 is 1.94 bits per heavy atom. The number of ether oxygens (including phenoxy) is 2. The van der Waals surface area contributed by atoms with E-state index in [1.807, 2.05) is 11.8 Å². The topological polar surface area (TPSA) is 50.7 Å². The number of aliphatic hydroxyl groups excluding tert-OH is 1. The number of nitrogens with one attached hydrogen (secondary N) is 1. The number of thioether (sulfide) groups is 1. The van der Waals surface area contributed by atoms with Crippen molar-refractivity contribution < 1.29 is 14.6 Å². The molecule has 0 spiro atoms. The van der Waals surface area contributed by atoms with E-state index >= 15 is 0 Å². The first-order valence-corrected chi connectivity index (χ1v) is 7.03. The lowest BCUT2D eigenvalue weighted by Crippen LogP contribution is -2.20. The Kier molecular flexibility index (Phi) is 15.4. The van der Waals surface area contributed by atoms with Crippen molar-refractivity contribution in [3.8, 4) is 0 Å². The molecule has 0 saturated heterocycles. The van der Waals surface area contributed by atoms with Crippen LogP contribution in [0.2, 0.25) is 0 Å². The van der Waals surface area contributed by atoms with E-state index in [2.05, 4.69) is 5.32 Å². The van der Waals surface area contributed by atoms with Crippen LogP contribution in [-0.2, 0) is 9.47 Å². The van der Waals surface area contributed by atoms with Crippen molar-refractivity contribution in [2.24, 2.45) is 0 Å². The van der Waals surface area contributed by atoms with Crippen molar-refractivity contribution in [2.75, 3.05) is 58.1 Å². The van der Waals surface area contributed by atoms with E-state index in [1.54, 1.807) is 7.11 Å². The van der Waals surface area contributed by atoms with Crippen LogP contribution < -0.4 is 5.32 Å². The lowest BCUT2D eigenvalue weighted by molar-refractivity contribution is 0.0695. The minimum absolute atomic E-state index is 0.305. The Morgan fingerprint density at radius 3 is 2.69 bits per heavy atom. The summed E-state index contributed by atoms with van der Waals surface area (Å²) in [5.41, 5.74) is 0. The van der Waals surface area contributed by atoms with Crippen LogP contribution in [0.15, 0.2) is 0 Å². The van der Waals surface area contributed by atoms with Crippen molar-refractivity contribution in [1.82, 2.24) is 5.32 Å². The van der Waals surface area contributed by atoms with Crippen LogP contribution in [0.3, 0.4) is 0 Å². The fourth-order valence-corrected chi connectivity index (χ4v) is 1.91. The van der Waals surface area contributed by atoms with Gasteiger partial charge in [-0.3, -0.25) is 0 Å². The second-order valence-corrected chi connectivity index (χ2v) is 4.62. The monoisotopic (exact) mass is 251 g/mol. The second-order valence-electron chi connectivity index (χ2n) is 3.40. The zero-order valence-electron chi connectivity index (χ0n) is 10.2. The molecule has 98 valence electrons. The van der Waals surface area contributed by atoms with Crippen LogP contribution in [0, 0.1) is 0 Å². The first kappa shape index (κ1) is 16.2. The number of aliphatic hydroxyl groups is 1. The highest BCUT2D eigenvalue weighted by Crippen LogP contribution is 1.99. The third-order valence-corrected chi connectivity index (χ3v) is 3.01. The summed E-state index contributed by atoms with van der Waals surface area (Å²) in [7, 11) is 1.68. The maximum atomic E-state index is 8.58. The summed E-state index contributed by atoms with van der Waals surface area (Å²) in [6.07, 6.45) is 1.95. The Labute approximate surface area is 103 Å². The van der Waals surface area contributed by atoms with Gasteiger partial charge in [-0.2, -0.15) is 11.8 Å². The molecule has 0 atom stereocenters. The van der Waals surface area contributed by atoms with Gasteiger partial charge in [-0.15, -0.1) is 0 Å². The molecule has 0 radical (unpaired) electrons. The third-order valence-electron chi connectivity index (χ3n) is 1.94. The van der Waals surface area contributed by atoms with Crippen molar-refractivity contribution >= 4 is 11.8 Å². The van der Waals surface area contributed by atoms with Gasteiger partial charge in [0.2, 0.25) is 0 Å². The highest BCUT2D eigenvalue weighted by Gasteiger charge is 1.91. The quantitative estimate of drug-likeness (QED) is 0.473. The standard InChI is InChI=1S/C11H25NO3S/c1-14-8-9-15-7-2-4-12-5-11-16-10-3-6-13/h12-13H,2-11H2,1H3. The lowest BCUT2D eigenvalue weighted by atomic mass is 10.4. The molecule has 0 bridgehead atoms. The number of hydrogen-bond acceptors (Lipinski definition) is 5. The summed E-state index contributed by atoms with van der Waals surface area (Å²) >= 11 is 1.88. The summed E-state index contributed by atoms with van der Waals surface area (Å²) in [5.74, 6) is 2.17. The molecular weight excluding hydrogens is 226 g/mol. The SMILES string of the molecule is COCCOCCCNCCSCCCO. The summed E-state index contributed by atoms with van der Waals surface area (Å²) in [5, 5.41) is 11.9. The third kappa shape index (κ3) is 14.2. The molecule has 0 aromatic carbocycles. The Balaban J connectivity index is 2.83. The summed E-state index contributed by atoms with van der Waals surface area (Å²) in [6, 6.07) is 0. The van der Waals surface area contributed by atoms with Gasteiger partial charge in [0.05, 0.1) is 13.2 Å².